The van der Waals surface area contributed by atoms with Crippen LogP contribution in [0.25, 0.3) is 16.9 Å². The minimum absolute atomic E-state index is 0.186. The maximum absolute atomic E-state index is 13.4. The van der Waals surface area contributed by atoms with Crippen LogP contribution in [0.5, 0.6) is 0 Å². The quantitative estimate of drug-likeness (QED) is 0.480. The molecule has 33 heavy (non-hydrogen) atoms. The molecule has 1 N–H and O–H groups in total. The summed E-state index contributed by atoms with van der Waals surface area (Å²) >= 11 is 0. The summed E-state index contributed by atoms with van der Waals surface area (Å²) in [6.07, 6.45) is 1.80. The molecule has 0 spiro atoms. The van der Waals surface area contributed by atoms with E-state index in [0.717, 1.165) is 54.5 Å². The Balaban J connectivity index is 1.44. The molecule has 6 heteroatoms. The van der Waals surface area contributed by atoms with Crippen LogP contribution >= 0.6 is 0 Å². The number of ether oxygens (including phenoxy) is 1. The molecule has 1 aliphatic rings. The smallest absolute Gasteiger partial charge is 0.259 e. The maximum Gasteiger partial charge on any atom is 0.259 e. The Labute approximate surface area is 193 Å². The average molecular weight is 439 g/mol. The predicted molar refractivity (Wildman–Crippen MR) is 131 cm³/mol. The fourth-order valence-corrected chi connectivity index (χ4v) is 4.07. The van der Waals surface area contributed by atoms with Gasteiger partial charge < -0.3 is 15.0 Å². The van der Waals surface area contributed by atoms with Crippen molar-refractivity contribution in [1.82, 2.24) is 9.78 Å². The van der Waals surface area contributed by atoms with Crippen molar-refractivity contribution in [3.05, 3.63) is 96.2 Å². The van der Waals surface area contributed by atoms with E-state index in [1.54, 1.807) is 10.9 Å². The Hall–Kier alpha value is -3.90. The van der Waals surface area contributed by atoms with Gasteiger partial charge in [-0.15, -0.1) is 0 Å². The van der Waals surface area contributed by atoms with Crippen LogP contribution in [0.2, 0.25) is 0 Å². The average Bonchev–Trinajstić information content (AvgIpc) is 3.31. The van der Waals surface area contributed by atoms with E-state index >= 15 is 0 Å². The number of hydrogen-bond acceptors (Lipinski definition) is 4. The molecule has 6 nitrogen and oxygen atoms in total. The number of aromatic nitrogens is 2. The van der Waals surface area contributed by atoms with Gasteiger partial charge in [0.2, 0.25) is 0 Å². The van der Waals surface area contributed by atoms with Crippen LogP contribution in [-0.4, -0.2) is 42.0 Å². The summed E-state index contributed by atoms with van der Waals surface area (Å²) in [7, 11) is 0. The SMILES string of the molecule is Cc1ccccc1-c1nn(-c2ccccc2)cc1C(=O)Nc1ccc(N2CCOCC2)cc1. The summed E-state index contributed by atoms with van der Waals surface area (Å²) in [5.41, 5.74) is 6.00. The monoisotopic (exact) mass is 438 g/mol. The number of para-hydroxylation sites is 1. The normalized spacial score (nSPS) is 13.7. The molecule has 5 rings (SSSR count). The van der Waals surface area contributed by atoms with Gasteiger partial charge in [0.15, 0.2) is 0 Å². The van der Waals surface area contributed by atoms with E-state index in [-0.39, 0.29) is 5.91 Å². The first kappa shape index (κ1) is 21.0. The number of morpholine rings is 1. The van der Waals surface area contributed by atoms with Gasteiger partial charge in [0.1, 0.15) is 5.69 Å². The zero-order valence-corrected chi connectivity index (χ0v) is 18.6. The number of rotatable bonds is 5. The fourth-order valence-electron chi connectivity index (χ4n) is 4.07. The molecule has 2 heterocycles. The van der Waals surface area contributed by atoms with Crippen LogP contribution in [0.1, 0.15) is 15.9 Å². The molecule has 0 unspecified atom stereocenters. The van der Waals surface area contributed by atoms with Gasteiger partial charge in [-0.05, 0) is 48.9 Å². The van der Waals surface area contributed by atoms with Gasteiger partial charge in [0.05, 0.1) is 24.5 Å². The van der Waals surface area contributed by atoms with Crippen molar-refractivity contribution in [3.8, 4) is 16.9 Å². The number of amides is 1. The number of aryl methyl sites for hydroxylation is 1. The van der Waals surface area contributed by atoms with Crippen molar-refractivity contribution in [2.24, 2.45) is 0 Å². The highest BCUT2D eigenvalue weighted by atomic mass is 16.5. The van der Waals surface area contributed by atoms with Gasteiger partial charge >= 0.3 is 0 Å². The third kappa shape index (κ3) is 4.52. The molecule has 0 aliphatic carbocycles. The van der Waals surface area contributed by atoms with Crippen LogP contribution in [0.3, 0.4) is 0 Å². The van der Waals surface area contributed by atoms with E-state index in [1.807, 2.05) is 85.8 Å². The lowest BCUT2D eigenvalue weighted by molar-refractivity contribution is 0.102. The topological polar surface area (TPSA) is 59.4 Å². The molecule has 0 radical (unpaired) electrons. The van der Waals surface area contributed by atoms with E-state index in [9.17, 15) is 4.79 Å². The lowest BCUT2D eigenvalue weighted by Crippen LogP contribution is -2.36. The second-order valence-electron chi connectivity index (χ2n) is 8.09. The molecule has 3 aromatic carbocycles. The first-order valence-electron chi connectivity index (χ1n) is 11.1. The highest BCUT2D eigenvalue weighted by molar-refractivity contribution is 6.08. The van der Waals surface area contributed by atoms with Gasteiger partial charge in [-0.1, -0.05) is 42.5 Å². The Morgan fingerprint density at radius 1 is 0.879 bits per heavy atom. The van der Waals surface area contributed by atoms with Gasteiger partial charge in [-0.3, -0.25) is 4.79 Å². The number of nitrogens with zero attached hydrogens (tertiary/aromatic N) is 3. The molecule has 166 valence electrons. The molecule has 1 aliphatic heterocycles. The Kier molecular flexibility index (Phi) is 5.91. The summed E-state index contributed by atoms with van der Waals surface area (Å²) < 4.78 is 7.19. The second-order valence-corrected chi connectivity index (χ2v) is 8.09. The fraction of sp³-hybridized carbons (Fsp3) is 0.185. The first-order valence-corrected chi connectivity index (χ1v) is 11.1. The summed E-state index contributed by atoms with van der Waals surface area (Å²) in [5.74, 6) is -0.186. The van der Waals surface area contributed by atoms with Gasteiger partial charge in [-0.2, -0.15) is 5.10 Å². The van der Waals surface area contributed by atoms with Crippen molar-refractivity contribution in [2.45, 2.75) is 6.92 Å². The number of carbonyl (C=O) groups is 1. The molecule has 0 saturated carbocycles. The lowest BCUT2D eigenvalue weighted by Gasteiger charge is -2.28. The van der Waals surface area contributed by atoms with Crippen molar-refractivity contribution in [1.29, 1.82) is 0 Å². The maximum atomic E-state index is 13.4. The molecule has 0 bridgehead atoms. The molecule has 1 fully saturated rings. The summed E-state index contributed by atoms with van der Waals surface area (Å²) in [4.78, 5) is 15.6. The predicted octanol–water partition coefficient (Wildman–Crippen LogP) is 4.94. The first-order chi connectivity index (χ1) is 16.2. The number of anilines is 2. The van der Waals surface area contributed by atoms with Gasteiger partial charge in [0, 0.05) is 36.2 Å². The molecule has 1 amide bonds. The van der Waals surface area contributed by atoms with E-state index in [0.29, 0.717) is 11.3 Å². The number of hydrogen-bond donors (Lipinski definition) is 1. The van der Waals surface area contributed by atoms with E-state index in [2.05, 4.69) is 10.2 Å². The van der Waals surface area contributed by atoms with Crippen LogP contribution < -0.4 is 10.2 Å². The number of nitrogens with one attached hydrogen (secondary N) is 1. The highest BCUT2D eigenvalue weighted by Gasteiger charge is 2.20. The minimum atomic E-state index is -0.186. The zero-order valence-electron chi connectivity index (χ0n) is 18.6. The van der Waals surface area contributed by atoms with Gasteiger partial charge in [0.25, 0.3) is 5.91 Å². The van der Waals surface area contributed by atoms with Crippen molar-refractivity contribution >= 4 is 17.3 Å². The summed E-state index contributed by atoms with van der Waals surface area (Å²) in [6.45, 7) is 5.27. The molecular weight excluding hydrogens is 412 g/mol. The molecular formula is C27H26N4O2. The Morgan fingerprint density at radius 3 is 2.30 bits per heavy atom. The third-order valence-electron chi connectivity index (χ3n) is 5.88. The largest absolute Gasteiger partial charge is 0.378 e. The summed E-state index contributed by atoms with van der Waals surface area (Å²) in [6, 6.07) is 25.8. The molecule has 0 atom stereocenters. The van der Waals surface area contributed by atoms with E-state index in [1.165, 1.54) is 0 Å². The van der Waals surface area contributed by atoms with E-state index < -0.39 is 0 Å². The standard InChI is InChI=1S/C27H26N4O2/c1-20-7-5-6-10-24(20)26-25(19-31(29-26)23-8-3-2-4-9-23)27(32)28-21-11-13-22(14-12-21)30-15-17-33-18-16-30/h2-14,19H,15-18H2,1H3,(H,28,32). The molecule has 1 aromatic heterocycles. The van der Waals surface area contributed by atoms with Gasteiger partial charge in [-0.25, -0.2) is 4.68 Å². The van der Waals surface area contributed by atoms with Crippen LogP contribution in [0.15, 0.2) is 85.1 Å². The summed E-state index contributed by atoms with van der Waals surface area (Å²) in [5, 5.41) is 7.83. The second kappa shape index (κ2) is 9.30. The van der Waals surface area contributed by atoms with E-state index in [4.69, 9.17) is 9.84 Å². The third-order valence-corrected chi connectivity index (χ3v) is 5.88. The van der Waals surface area contributed by atoms with Crippen LogP contribution in [-0.2, 0) is 4.74 Å². The Morgan fingerprint density at radius 2 is 1.58 bits per heavy atom. The molecule has 1 saturated heterocycles. The minimum Gasteiger partial charge on any atom is -0.378 e. The van der Waals surface area contributed by atoms with Crippen molar-refractivity contribution in [2.75, 3.05) is 36.5 Å². The Bertz CT molecular complexity index is 1240. The molecule has 4 aromatic rings. The number of benzene rings is 3. The number of carbonyl (C=O) groups excluding carboxylic acids is 1. The van der Waals surface area contributed by atoms with Crippen molar-refractivity contribution < 1.29 is 9.53 Å². The lowest BCUT2D eigenvalue weighted by atomic mass is 10.0. The highest BCUT2D eigenvalue weighted by Crippen LogP contribution is 2.28. The van der Waals surface area contributed by atoms with Crippen LogP contribution in [0.4, 0.5) is 11.4 Å². The van der Waals surface area contributed by atoms with Crippen molar-refractivity contribution in [3.63, 3.8) is 0 Å². The van der Waals surface area contributed by atoms with Crippen LogP contribution in [0, 0.1) is 6.92 Å². The zero-order chi connectivity index (χ0) is 22.6.